The molecule has 3 fully saturated rings. The van der Waals surface area contributed by atoms with E-state index in [-0.39, 0.29) is 35.3 Å². The molecule has 0 radical (unpaired) electrons. The summed E-state index contributed by atoms with van der Waals surface area (Å²) in [5.74, 6) is 0.806. The number of methoxy groups -OCH3 is 1. The van der Waals surface area contributed by atoms with E-state index in [1.807, 2.05) is 13.0 Å². The van der Waals surface area contributed by atoms with Crippen molar-refractivity contribution in [2.45, 2.75) is 73.7 Å². The molecule has 0 aliphatic heterocycles. The van der Waals surface area contributed by atoms with Gasteiger partial charge in [-0.2, -0.15) is 5.10 Å². The highest BCUT2D eigenvalue weighted by molar-refractivity contribution is 7.92. The fraction of sp³-hybridized carbons (Fsp3) is 0.583. The van der Waals surface area contributed by atoms with Gasteiger partial charge in [-0.3, -0.25) is 0 Å². The Morgan fingerprint density at radius 3 is 2.41 bits per heavy atom. The Bertz CT molecular complexity index is 1380. The van der Waals surface area contributed by atoms with E-state index in [0.717, 1.165) is 31.4 Å². The minimum absolute atomic E-state index is 0.116. The SMILES string of the molecule is COc1ccc(-c2c(C)nc3sc(C(O)(C4CC4)C4CC4)nn23)cc1S(=O)(=O)C1CC(C)(O)C1. The monoisotopic (exact) mass is 503 g/mol. The first-order valence-electron chi connectivity index (χ1n) is 11.8. The van der Waals surface area contributed by atoms with Crippen LogP contribution in [0.15, 0.2) is 23.1 Å². The maximum absolute atomic E-state index is 13.4. The van der Waals surface area contributed by atoms with Gasteiger partial charge in [0.1, 0.15) is 21.3 Å². The Morgan fingerprint density at radius 2 is 1.85 bits per heavy atom. The molecule has 0 unspecified atom stereocenters. The van der Waals surface area contributed by atoms with Crippen LogP contribution in [-0.4, -0.2) is 51.2 Å². The standard InChI is InChI=1S/C24H29N3O5S2/c1-13-20(27-22(25-13)33-21(26-27)24(29,15-5-6-15)16-7-8-16)14-4-9-18(32-3)19(10-14)34(30,31)17-11-23(2,28)12-17/h4,9-10,15-17,28-29H,5-8,11-12H2,1-3H3. The molecule has 2 aromatic heterocycles. The summed E-state index contributed by atoms with van der Waals surface area (Å²) in [7, 11) is -2.24. The predicted octanol–water partition coefficient (Wildman–Crippen LogP) is 3.47. The third-order valence-corrected chi connectivity index (χ3v) is 10.8. The van der Waals surface area contributed by atoms with Crippen LogP contribution >= 0.6 is 11.3 Å². The number of hydrogen-bond acceptors (Lipinski definition) is 8. The summed E-state index contributed by atoms with van der Waals surface area (Å²) in [5, 5.41) is 26.6. The summed E-state index contributed by atoms with van der Waals surface area (Å²) in [6.45, 7) is 3.54. The zero-order chi connectivity index (χ0) is 24.0. The lowest BCUT2D eigenvalue weighted by atomic mass is 9.82. The fourth-order valence-electron chi connectivity index (χ4n) is 5.44. The van der Waals surface area contributed by atoms with E-state index in [9.17, 15) is 18.6 Å². The Hall–Kier alpha value is -2.01. The molecule has 10 heteroatoms. The summed E-state index contributed by atoms with van der Waals surface area (Å²) in [6.07, 6.45) is 4.50. The summed E-state index contributed by atoms with van der Waals surface area (Å²) in [5.41, 5.74) is 0.298. The predicted molar refractivity (Wildman–Crippen MR) is 128 cm³/mol. The Labute approximate surface area is 202 Å². The molecule has 0 bridgehead atoms. The zero-order valence-corrected chi connectivity index (χ0v) is 21.1. The first-order chi connectivity index (χ1) is 16.0. The first-order valence-corrected chi connectivity index (χ1v) is 14.1. The van der Waals surface area contributed by atoms with E-state index in [4.69, 9.17) is 14.8 Å². The normalized spacial score (nSPS) is 25.5. The van der Waals surface area contributed by atoms with E-state index in [2.05, 4.69) is 0 Å². The van der Waals surface area contributed by atoms with E-state index in [1.165, 1.54) is 18.4 Å². The van der Waals surface area contributed by atoms with Crippen LogP contribution in [0.5, 0.6) is 5.75 Å². The molecule has 0 saturated heterocycles. The lowest BCUT2D eigenvalue weighted by molar-refractivity contribution is -0.0118. The molecule has 3 aromatic rings. The average Bonchev–Trinajstić information content (AvgIpc) is 3.69. The largest absolute Gasteiger partial charge is 0.495 e. The van der Waals surface area contributed by atoms with Crippen molar-refractivity contribution in [3.05, 3.63) is 28.9 Å². The van der Waals surface area contributed by atoms with Crippen molar-refractivity contribution < 1.29 is 23.4 Å². The van der Waals surface area contributed by atoms with E-state index in [1.54, 1.807) is 23.6 Å². The highest BCUT2D eigenvalue weighted by atomic mass is 32.2. The lowest BCUT2D eigenvalue weighted by Gasteiger charge is -2.40. The minimum atomic E-state index is -3.69. The zero-order valence-electron chi connectivity index (χ0n) is 19.5. The van der Waals surface area contributed by atoms with Crippen molar-refractivity contribution in [3.63, 3.8) is 0 Å². The topological polar surface area (TPSA) is 114 Å². The number of ether oxygens (including phenoxy) is 1. The second kappa shape index (κ2) is 7.25. The Kier molecular flexibility index (Phi) is 4.79. The molecule has 182 valence electrons. The van der Waals surface area contributed by atoms with Crippen molar-refractivity contribution >= 4 is 26.1 Å². The van der Waals surface area contributed by atoms with E-state index in [0.29, 0.717) is 21.2 Å². The smallest absolute Gasteiger partial charge is 0.213 e. The van der Waals surface area contributed by atoms with Gasteiger partial charge in [0.15, 0.2) is 9.84 Å². The Balaban J connectivity index is 1.44. The van der Waals surface area contributed by atoms with Crippen LogP contribution in [-0.2, 0) is 15.4 Å². The number of benzene rings is 1. The molecular formula is C24H29N3O5S2. The van der Waals surface area contributed by atoms with Crippen molar-refractivity contribution in [2.75, 3.05) is 7.11 Å². The van der Waals surface area contributed by atoms with Crippen LogP contribution in [0, 0.1) is 18.8 Å². The highest BCUT2D eigenvalue weighted by Crippen LogP contribution is 2.58. The van der Waals surface area contributed by atoms with Crippen LogP contribution in [0.4, 0.5) is 0 Å². The lowest BCUT2D eigenvalue weighted by Crippen LogP contribution is -2.48. The molecular weight excluding hydrogens is 474 g/mol. The fourth-order valence-corrected chi connectivity index (χ4v) is 8.87. The van der Waals surface area contributed by atoms with Gasteiger partial charge in [-0.25, -0.2) is 17.9 Å². The van der Waals surface area contributed by atoms with Crippen LogP contribution in [0.3, 0.4) is 0 Å². The first kappa shape index (κ1) is 22.5. The number of hydrogen-bond donors (Lipinski definition) is 2. The molecule has 3 saturated carbocycles. The number of rotatable bonds is 7. The van der Waals surface area contributed by atoms with Gasteiger partial charge in [-0.15, -0.1) is 0 Å². The van der Waals surface area contributed by atoms with Crippen LogP contribution in [0.1, 0.15) is 56.2 Å². The minimum Gasteiger partial charge on any atom is -0.495 e. The second-order valence-corrected chi connectivity index (χ2v) is 13.6. The van der Waals surface area contributed by atoms with Gasteiger partial charge in [0.2, 0.25) is 4.96 Å². The van der Waals surface area contributed by atoms with Crippen LogP contribution in [0.25, 0.3) is 16.2 Å². The molecule has 2 heterocycles. The maximum atomic E-state index is 13.4. The maximum Gasteiger partial charge on any atom is 0.213 e. The van der Waals surface area contributed by atoms with Gasteiger partial charge < -0.3 is 14.9 Å². The van der Waals surface area contributed by atoms with Gasteiger partial charge in [-0.05, 0) is 82.4 Å². The van der Waals surface area contributed by atoms with Gasteiger partial charge in [0, 0.05) is 5.56 Å². The quantitative estimate of drug-likeness (QED) is 0.507. The molecule has 2 N–H and O–H groups in total. The number of aliphatic hydroxyl groups is 2. The molecule has 0 spiro atoms. The van der Waals surface area contributed by atoms with Crippen LogP contribution < -0.4 is 4.74 Å². The average molecular weight is 504 g/mol. The van der Waals surface area contributed by atoms with Crippen molar-refractivity contribution in [2.24, 2.45) is 11.8 Å². The third-order valence-electron chi connectivity index (χ3n) is 7.64. The number of sulfone groups is 1. The number of aryl methyl sites for hydroxylation is 1. The van der Waals surface area contributed by atoms with Gasteiger partial charge in [0.05, 0.1) is 29.3 Å². The number of imidazole rings is 1. The van der Waals surface area contributed by atoms with Gasteiger partial charge in [-0.1, -0.05) is 11.3 Å². The summed E-state index contributed by atoms with van der Waals surface area (Å²) < 4.78 is 33.9. The second-order valence-electron chi connectivity index (χ2n) is 10.5. The van der Waals surface area contributed by atoms with Gasteiger partial charge in [0.25, 0.3) is 0 Å². The molecule has 6 rings (SSSR count). The number of fused-ring (bicyclic) bond motifs is 1. The van der Waals surface area contributed by atoms with Crippen LogP contribution in [0.2, 0.25) is 0 Å². The van der Waals surface area contributed by atoms with Crippen molar-refractivity contribution in [3.8, 4) is 17.0 Å². The molecule has 34 heavy (non-hydrogen) atoms. The number of aromatic nitrogens is 3. The van der Waals surface area contributed by atoms with E-state index >= 15 is 0 Å². The molecule has 3 aliphatic carbocycles. The van der Waals surface area contributed by atoms with Crippen molar-refractivity contribution in [1.82, 2.24) is 14.6 Å². The Morgan fingerprint density at radius 1 is 1.21 bits per heavy atom. The third kappa shape index (κ3) is 3.33. The van der Waals surface area contributed by atoms with E-state index < -0.39 is 26.3 Å². The molecule has 8 nitrogen and oxygen atoms in total. The highest BCUT2D eigenvalue weighted by Gasteiger charge is 2.56. The van der Waals surface area contributed by atoms with Crippen molar-refractivity contribution in [1.29, 1.82) is 0 Å². The molecule has 3 aliphatic rings. The number of nitrogens with zero attached hydrogens (tertiary/aromatic N) is 3. The summed E-state index contributed by atoms with van der Waals surface area (Å²) in [4.78, 5) is 5.50. The van der Waals surface area contributed by atoms with Gasteiger partial charge >= 0.3 is 0 Å². The molecule has 1 aromatic carbocycles. The summed E-state index contributed by atoms with van der Waals surface area (Å²) >= 11 is 1.43. The molecule has 0 amide bonds. The summed E-state index contributed by atoms with van der Waals surface area (Å²) in [6, 6.07) is 5.11. The molecule has 0 atom stereocenters.